The Bertz CT molecular complexity index is 467. The monoisotopic (exact) mass is 277 g/mol. The molecule has 20 heavy (non-hydrogen) atoms. The van der Waals surface area contributed by atoms with Crippen molar-refractivity contribution < 1.29 is 14.6 Å². The van der Waals surface area contributed by atoms with Crippen molar-refractivity contribution in [1.82, 2.24) is 4.90 Å². The van der Waals surface area contributed by atoms with Crippen LogP contribution in [0.25, 0.3) is 0 Å². The van der Waals surface area contributed by atoms with Crippen molar-refractivity contribution in [3.05, 3.63) is 29.8 Å². The van der Waals surface area contributed by atoms with Gasteiger partial charge in [-0.1, -0.05) is 25.5 Å². The lowest BCUT2D eigenvalue weighted by molar-refractivity contribution is -0.156. The predicted molar refractivity (Wildman–Crippen MR) is 77.8 cm³/mol. The summed E-state index contributed by atoms with van der Waals surface area (Å²) in [5.41, 5.74) is 0.461. The molecule has 4 heteroatoms. The first-order valence-electron chi connectivity index (χ1n) is 7.19. The third-order valence-corrected chi connectivity index (χ3v) is 3.80. The van der Waals surface area contributed by atoms with Crippen molar-refractivity contribution in [2.75, 3.05) is 20.2 Å². The van der Waals surface area contributed by atoms with Gasteiger partial charge in [-0.15, -0.1) is 0 Å². The molecule has 0 saturated carbocycles. The molecule has 0 bridgehead atoms. The summed E-state index contributed by atoms with van der Waals surface area (Å²) in [7, 11) is 1.64. The summed E-state index contributed by atoms with van der Waals surface area (Å²) in [6.07, 6.45) is 2.91. The maximum absolute atomic E-state index is 12.0. The Morgan fingerprint density at radius 1 is 1.45 bits per heavy atom. The van der Waals surface area contributed by atoms with Gasteiger partial charge in [0.2, 0.25) is 5.91 Å². The summed E-state index contributed by atoms with van der Waals surface area (Å²) < 4.78 is 5.17. The van der Waals surface area contributed by atoms with E-state index in [4.69, 9.17) is 4.74 Å². The van der Waals surface area contributed by atoms with Crippen LogP contribution in [-0.2, 0) is 11.2 Å². The first-order valence-corrected chi connectivity index (χ1v) is 7.19. The Morgan fingerprint density at radius 2 is 2.20 bits per heavy atom. The SMILES string of the molecule is CCCC1(O)CN(C(=O)CCc2cccc(OC)c2)C1. The zero-order valence-corrected chi connectivity index (χ0v) is 12.3. The Balaban J connectivity index is 1.79. The molecule has 1 aliphatic heterocycles. The van der Waals surface area contributed by atoms with Gasteiger partial charge in [-0.05, 0) is 30.5 Å². The summed E-state index contributed by atoms with van der Waals surface area (Å²) >= 11 is 0. The first-order chi connectivity index (χ1) is 9.56. The van der Waals surface area contributed by atoms with Gasteiger partial charge in [0.25, 0.3) is 0 Å². The summed E-state index contributed by atoms with van der Waals surface area (Å²) in [6.45, 7) is 3.01. The summed E-state index contributed by atoms with van der Waals surface area (Å²) in [5, 5.41) is 10.1. The molecule has 0 aliphatic carbocycles. The van der Waals surface area contributed by atoms with E-state index in [-0.39, 0.29) is 5.91 Å². The largest absolute Gasteiger partial charge is 0.497 e. The average Bonchev–Trinajstić information content (AvgIpc) is 2.42. The van der Waals surface area contributed by atoms with Crippen LogP contribution in [0.1, 0.15) is 31.7 Å². The van der Waals surface area contributed by atoms with Crippen molar-refractivity contribution in [3.8, 4) is 5.75 Å². The number of aryl methyl sites for hydroxylation is 1. The van der Waals surface area contributed by atoms with Gasteiger partial charge in [-0.25, -0.2) is 0 Å². The number of benzene rings is 1. The minimum atomic E-state index is -0.639. The zero-order chi connectivity index (χ0) is 14.6. The van der Waals surface area contributed by atoms with Crippen LogP contribution in [0.4, 0.5) is 0 Å². The normalized spacial score (nSPS) is 16.6. The van der Waals surface area contributed by atoms with Gasteiger partial charge in [0.15, 0.2) is 0 Å². The summed E-state index contributed by atoms with van der Waals surface area (Å²) in [5.74, 6) is 0.935. The molecular weight excluding hydrogens is 254 g/mol. The summed E-state index contributed by atoms with van der Waals surface area (Å²) in [6, 6.07) is 7.78. The number of carbonyl (C=O) groups excluding carboxylic acids is 1. The molecule has 1 fully saturated rings. The number of hydrogen-bond acceptors (Lipinski definition) is 3. The molecular formula is C16H23NO3. The van der Waals surface area contributed by atoms with Crippen LogP contribution in [0, 0.1) is 0 Å². The second-order valence-electron chi connectivity index (χ2n) is 5.58. The number of likely N-dealkylation sites (tertiary alicyclic amines) is 1. The minimum Gasteiger partial charge on any atom is -0.497 e. The van der Waals surface area contributed by atoms with Gasteiger partial charge in [-0.2, -0.15) is 0 Å². The van der Waals surface area contributed by atoms with Crippen LogP contribution in [0.15, 0.2) is 24.3 Å². The highest BCUT2D eigenvalue weighted by atomic mass is 16.5. The lowest BCUT2D eigenvalue weighted by Gasteiger charge is -2.46. The fourth-order valence-electron chi connectivity index (χ4n) is 2.70. The first kappa shape index (κ1) is 14.9. The Morgan fingerprint density at radius 3 is 2.85 bits per heavy atom. The van der Waals surface area contributed by atoms with E-state index in [1.165, 1.54) is 0 Å². The van der Waals surface area contributed by atoms with Crippen LogP contribution in [0.3, 0.4) is 0 Å². The van der Waals surface area contributed by atoms with Gasteiger partial charge in [0, 0.05) is 6.42 Å². The quantitative estimate of drug-likeness (QED) is 0.865. The number of ether oxygens (including phenoxy) is 1. The lowest BCUT2D eigenvalue weighted by Crippen LogP contribution is -2.63. The van der Waals surface area contributed by atoms with E-state index in [0.717, 1.165) is 24.2 Å². The molecule has 0 aromatic heterocycles. The molecule has 110 valence electrons. The van der Waals surface area contributed by atoms with E-state index in [9.17, 15) is 9.90 Å². The van der Waals surface area contributed by atoms with Gasteiger partial charge in [0.05, 0.1) is 25.8 Å². The number of amides is 1. The number of β-amino-alcohol motifs (C(OH)–C–C–N with tert-alkyl or cyclic N) is 1. The second-order valence-corrected chi connectivity index (χ2v) is 5.58. The van der Waals surface area contributed by atoms with E-state index < -0.39 is 5.60 Å². The fourth-order valence-corrected chi connectivity index (χ4v) is 2.70. The molecule has 0 radical (unpaired) electrons. The molecule has 1 aliphatic rings. The smallest absolute Gasteiger partial charge is 0.223 e. The molecule has 1 aromatic carbocycles. The lowest BCUT2D eigenvalue weighted by atomic mass is 9.89. The van der Waals surface area contributed by atoms with Gasteiger partial charge < -0.3 is 14.7 Å². The van der Waals surface area contributed by atoms with Gasteiger partial charge >= 0.3 is 0 Å². The number of nitrogens with zero attached hydrogens (tertiary/aromatic N) is 1. The molecule has 1 saturated heterocycles. The zero-order valence-electron chi connectivity index (χ0n) is 12.3. The van der Waals surface area contributed by atoms with Crippen LogP contribution in [0.2, 0.25) is 0 Å². The maximum Gasteiger partial charge on any atom is 0.223 e. The summed E-state index contributed by atoms with van der Waals surface area (Å²) in [4.78, 5) is 13.8. The van der Waals surface area contributed by atoms with E-state index >= 15 is 0 Å². The van der Waals surface area contributed by atoms with E-state index in [1.807, 2.05) is 31.2 Å². The molecule has 1 aromatic rings. The number of hydrogen-bond donors (Lipinski definition) is 1. The van der Waals surface area contributed by atoms with Crippen molar-refractivity contribution in [2.24, 2.45) is 0 Å². The van der Waals surface area contributed by atoms with Crippen molar-refractivity contribution in [1.29, 1.82) is 0 Å². The molecule has 0 spiro atoms. The fraction of sp³-hybridized carbons (Fsp3) is 0.562. The van der Waals surface area contributed by atoms with Crippen molar-refractivity contribution in [3.63, 3.8) is 0 Å². The molecule has 0 atom stereocenters. The number of rotatable bonds is 6. The predicted octanol–water partition coefficient (Wildman–Crippen LogP) is 2.00. The van der Waals surface area contributed by atoms with E-state index in [1.54, 1.807) is 12.0 Å². The van der Waals surface area contributed by atoms with Crippen LogP contribution >= 0.6 is 0 Å². The average molecular weight is 277 g/mol. The van der Waals surface area contributed by atoms with Gasteiger partial charge in [-0.3, -0.25) is 4.79 Å². The van der Waals surface area contributed by atoms with Crippen LogP contribution in [0.5, 0.6) is 5.75 Å². The van der Waals surface area contributed by atoms with E-state index in [0.29, 0.717) is 25.9 Å². The third-order valence-electron chi connectivity index (χ3n) is 3.80. The highest BCUT2D eigenvalue weighted by Crippen LogP contribution is 2.26. The molecule has 1 heterocycles. The highest BCUT2D eigenvalue weighted by Gasteiger charge is 2.42. The second kappa shape index (κ2) is 6.27. The molecule has 4 nitrogen and oxygen atoms in total. The van der Waals surface area contributed by atoms with Crippen LogP contribution in [-0.4, -0.2) is 41.7 Å². The van der Waals surface area contributed by atoms with E-state index in [2.05, 4.69) is 0 Å². The van der Waals surface area contributed by atoms with Crippen LogP contribution < -0.4 is 4.74 Å². The molecule has 1 amide bonds. The Hall–Kier alpha value is -1.55. The standard InChI is InChI=1S/C16H23NO3/c1-3-9-16(19)11-17(12-16)15(18)8-7-13-5-4-6-14(10-13)20-2/h4-6,10,19H,3,7-9,11-12H2,1-2H3. The number of carbonyl (C=O) groups is 1. The number of methoxy groups -OCH3 is 1. The number of aliphatic hydroxyl groups is 1. The highest BCUT2D eigenvalue weighted by molar-refractivity contribution is 5.77. The third kappa shape index (κ3) is 3.51. The van der Waals surface area contributed by atoms with Crippen molar-refractivity contribution in [2.45, 2.75) is 38.2 Å². The molecule has 2 rings (SSSR count). The molecule has 1 N–H and O–H groups in total. The Labute approximate surface area is 120 Å². The molecule has 0 unspecified atom stereocenters. The topological polar surface area (TPSA) is 49.8 Å². The Kier molecular flexibility index (Phi) is 4.65. The maximum atomic E-state index is 12.0. The van der Waals surface area contributed by atoms with Crippen molar-refractivity contribution >= 4 is 5.91 Å². The minimum absolute atomic E-state index is 0.119. The van der Waals surface area contributed by atoms with Gasteiger partial charge in [0.1, 0.15) is 5.75 Å².